The SMILES string of the molecule is CCCNC(=O)NCc1ccccc1CN1CCCC1=O. The van der Waals surface area contributed by atoms with Gasteiger partial charge in [0, 0.05) is 32.6 Å². The minimum atomic E-state index is -0.149. The van der Waals surface area contributed by atoms with E-state index in [1.807, 2.05) is 36.1 Å². The summed E-state index contributed by atoms with van der Waals surface area (Å²) in [5.41, 5.74) is 2.16. The number of likely N-dealkylation sites (tertiary alicyclic amines) is 1. The maximum atomic E-state index is 11.7. The van der Waals surface area contributed by atoms with Gasteiger partial charge in [0.25, 0.3) is 0 Å². The van der Waals surface area contributed by atoms with Crippen LogP contribution in [0.3, 0.4) is 0 Å². The molecule has 5 nitrogen and oxygen atoms in total. The normalized spacial score (nSPS) is 14.3. The third-order valence-electron chi connectivity index (χ3n) is 3.63. The number of hydrogen-bond acceptors (Lipinski definition) is 2. The van der Waals surface area contributed by atoms with E-state index < -0.39 is 0 Å². The predicted octanol–water partition coefficient (Wildman–Crippen LogP) is 2.02. The molecule has 0 bridgehead atoms. The van der Waals surface area contributed by atoms with Crippen molar-refractivity contribution in [1.29, 1.82) is 0 Å². The van der Waals surface area contributed by atoms with Gasteiger partial charge < -0.3 is 15.5 Å². The van der Waals surface area contributed by atoms with Crippen molar-refractivity contribution < 1.29 is 9.59 Å². The van der Waals surface area contributed by atoms with Crippen molar-refractivity contribution in [3.05, 3.63) is 35.4 Å². The largest absolute Gasteiger partial charge is 0.338 e. The zero-order valence-corrected chi connectivity index (χ0v) is 12.5. The molecule has 1 aromatic rings. The highest BCUT2D eigenvalue weighted by Crippen LogP contribution is 2.17. The minimum absolute atomic E-state index is 0.149. The number of amides is 3. The Morgan fingerprint density at radius 1 is 1.24 bits per heavy atom. The molecule has 0 radical (unpaired) electrons. The van der Waals surface area contributed by atoms with Crippen molar-refractivity contribution in [3.63, 3.8) is 0 Å². The number of carbonyl (C=O) groups is 2. The molecule has 0 aromatic heterocycles. The Kier molecular flexibility index (Phi) is 5.60. The highest BCUT2D eigenvalue weighted by atomic mass is 16.2. The fraction of sp³-hybridized carbons (Fsp3) is 0.500. The molecular formula is C16H23N3O2. The van der Waals surface area contributed by atoms with Gasteiger partial charge in [-0.3, -0.25) is 4.79 Å². The van der Waals surface area contributed by atoms with E-state index >= 15 is 0 Å². The molecule has 2 N–H and O–H groups in total. The van der Waals surface area contributed by atoms with Gasteiger partial charge in [-0.25, -0.2) is 4.79 Å². The van der Waals surface area contributed by atoms with Crippen LogP contribution in [-0.2, 0) is 17.9 Å². The van der Waals surface area contributed by atoms with Gasteiger partial charge in [-0.05, 0) is 24.0 Å². The van der Waals surface area contributed by atoms with Crippen molar-refractivity contribution in [3.8, 4) is 0 Å². The van der Waals surface area contributed by atoms with Gasteiger partial charge in [0.05, 0.1) is 0 Å². The first-order chi connectivity index (χ1) is 10.2. The number of carbonyl (C=O) groups excluding carboxylic acids is 2. The summed E-state index contributed by atoms with van der Waals surface area (Å²) in [6.45, 7) is 4.64. The molecule has 0 unspecified atom stereocenters. The molecule has 1 aliphatic heterocycles. The second-order valence-corrected chi connectivity index (χ2v) is 5.30. The zero-order chi connectivity index (χ0) is 15.1. The van der Waals surface area contributed by atoms with Gasteiger partial charge in [-0.1, -0.05) is 31.2 Å². The molecule has 1 aromatic carbocycles. The second-order valence-electron chi connectivity index (χ2n) is 5.30. The Morgan fingerprint density at radius 3 is 2.67 bits per heavy atom. The molecule has 5 heteroatoms. The van der Waals surface area contributed by atoms with E-state index in [4.69, 9.17) is 0 Å². The van der Waals surface area contributed by atoms with Gasteiger partial charge >= 0.3 is 6.03 Å². The summed E-state index contributed by atoms with van der Waals surface area (Å²) in [7, 11) is 0. The van der Waals surface area contributed by atoms with Gasteiger partial charge in [0.15, 0.2) is 0 Å². The van der Waals surface area contributed by atoms with Crippen molar-refractivity contribution >= 4 is 11.9 Å². The van der Waals surface area contributed by atoms with Gasteiger partial charge in [-0.15, -0.1) is 0 Å². The monoisotopic (exact) mass is 289 g/mol. The molecule has 3 amide bonds. The predicted molar refractivity (Wildman–Crippen MR) is 81.6 cm³/mol. The standard InChI is InChI=1S/C16H23N3O2/c1-2-9-17-16(21)18-11-13-6-3-4-7-14(13)12-19-10-5-8-15(19)20/h3-4,6-7H,2,5,8-12H2,1H3,(H2,17,18,21). The Hall–Kier alpha value is -2.04. The van der Waals surface area contributed by atoms with Crippen LogP contribution >= 0.6 is 0 Å². The van der Waals surface area contributed by atoms with Crippen LogP contribution in [-0.4, -0.2) is 29.9 Å². The van der Waals surface area contributed by atoms with E-state index in [0.29, 0.717) is 26.1 Å². The van der Waals surface area contributed by atoms with E-state index in [0.717, 1.165) is 30.5 Å². The maximum absolute atomic E-state index is 11.7. The molecule has 1 heterocycles. The van der Waals surface area contributed by atoms with Crippen LogP contribution in [0.5, 0.6) is 0 Å². The molecule has 2 rings (SSSR count). The van der Waals surface area contributed by atoms with Gasteiger partial charge in [-0.2, -0.15) is 0 Å². The first-order valence-electron chi connectivity index (χ1n) is 7.57. The smallest absolute Gasteiger partial charge is 0.315 e. The zero-order valence-electron chi connectivity index (χ0n) is 12.5. The number of nitrogens with zero attached hydrogens (tertiary/aromatic N) is 1. The summed E-state index contributed by atoms with van der Waals surface area (Å²) in [5.74, 6) is 0.221. The Morgan fingerprint density at radius 2 is 2.00 bits per heavy atom. The molecule has 114 valence electrons. The van der Waals surface area contributed by atoms with Crippen LogP contribution in [0.4, 0.5) is 4.79 Å². The molecule has 21 heavy (non-hydrogen) atoms. The summed E-state index contributed by atoms with van der Waals surface area (Å²) >= 11 is 0. The first-order valence-corrected chi connectivity index (χ1v) is 7.57. The second kappa shape index (κ2) is 7.67. The summed E-state index contributed by atoms with van der Waals surface area (Å²) in [6.07, 6.45) is 2.51. The molecule has 1 fully saturated rings. The van der Waals surface area contributed by atoms with Crippen LogP contribution in [0, 0.1) is 0 Å². The van der Waals surface area contributed by atoms with Gasteiger partial charge in [0.1, 0.15) is 0 Å². The van der Waals surface area contributed by atoms with Crippen LogP contribution < -0.4 is 10.6 Å². The van der Waals surface area contributed by atoms with E-state index in [9.17, 15) is 9.59 Å². The van der Waals surface area contributed by atoms with Crippen LogP contribution in [0.2, 0.25) is 0 Å². The molecule has 0 aliphatic carbocycles. The average molecular weight is 289 g/mol. The summed E-state index contributed by atoms with van der Waals surface area (Å²) in [5, 5.41) is 5.64. The quantitative estimate of drug-likeness (QED) is 0.841. The molecule has 0 saturated carbocycles. The molecule has 0 spiro atoms. The van der Waals surface area contributed by atoms with E-state index in [1.54, 1.807) is 0 Å². The highest BCUT2D eigenvalue weighted by molar-refractivity contribution is 5.78. The minimum Gasteiger partial charge on any atom is -0.338 e. The number of benzene rings is 1. The Labute approximate surface area is 125 Å². The van der Waals surface area contributed by atoms with Gasteiger partial charge in [0.2, 0.25) is 5.91 Å². The Bertz CT molecular complexity index is 502. The number of rotatable bonds is 6. The third kappa shape index (κ3) is 4.48. The lowest BCUT2D eigenvalue weighted by atomic mass is 10.1. The summed E-state index contributed by atoms with van der Waals surface area (Å²) in [4.78, 5) is 25.2. The Balaban J connectivity index is 1.93. The third-order valence-corrected chi connectivity index (χ3v) is 3.63. The average Bonchev–Trinajstić information content (AvgIpc) is 2.89. The number of nitrogens with one attached hydrogen (secondary N) is 2. The first kappa shape index (κ1) is 15.4. The van der Waals surface area contributed by atoms with Crippen molar-refractivity contribution in [2.45, 2.75) is 39.3 Å². The van der Waals surface area contributed by atoms with E-state index in [2.05, 4.69) is 10.6 Å². The van der Waals surface area contributed by atoms with Crippen molar-refractivity contribution in [2.24, 2.45) is 0 Å². The molecule has 0 atom stereocenters. The molecular weight excluding hydrogens is 266 g/mol. The van der Waals surface area contributed by atoms with Crippen molar-refractivity contribution in [1.82, 2.24) is 15.5 Å². The van der Waals surface area contributed by atoms with E-state index in [1.165, 1.54) is 0 Å². The lowest BCUT2D eigenvalue weighted by Gasteiger charge is -2.18. The topological polar surface area (TPSA) is 61.4 Å². The fourth-order valence-corrected chi connectivity index (χ4v) is 2.44. The van der Waals surface area contributed by atoms with E-state index in [-0.39, 0.29) is 11.9 Å². The van der Waals surface area contributed by atoms with Crippen LogP contribution in [0.15, 0.2) is 24.3 Å². The van der Waals surface area contributed by atoms with Crippen LogP contribution in [0.1, 0.15) is 37.3 Å². The summed E-state index contributed by atoms with van der Waals surface area (Å²) in [6, 6.07) is 7.79. The van der Waals surface area contributed by atoms with Crippen molar-refractivity contribution in [2.75, 3.05) is 13.1 Å². The molecule has 1 saturated heterocycles. The highest BCUT2D eigenvalue weighted by Gasteiger charge is 2.20. The number of urea groups is 1. The lowest BCUT2D eigenvalue weighted by molar-refractivity contribution is -0.128. The van der Waals surface area contributed by atoms with Crippen LogP contribution in [0.25, 0.3) is 0 Å². The lowest BCUT2D eigenvalue weighted by Crippen LogP contribution is -2.35. The maximum Gasteiger partial charge on any atom is 0.315 e. The number of hydrogen-bond donors (Lipinski definition) is 2. The fourth-order valence-electron chi connectivity index (χ4n) is 2.44. The molecule has 1 aliphatic rings. The summed E-state index contributed by atoms with van der Waals surface area (Å²) < 4.78 is 0.